The molecule has 0 aliphatic carbocycles. The first-order valence-corrected chi connectivity index (χ1v) is 15.1. The Morgan fingerprint density at radius 1 is 0.818 bits per heavy atom. The Labute approximate surface area is 263 Å². The molecule has 1 aromatic heterocycles. The molecule has 230 valence electrons. The third kappa shape index (κ3) is 9.40. The first-order chi connectivity index (χ1) is 21.5. The van der Waals surface area contributed by atoms with Crippen LogP contribution < -0.4 is 4.84 Å². The van der Waals surface area contributed by atoms with E-state index in [1.807, 2.05) is 91.0 Å². The summed E-state index contributed by atoms with van der Waals surface area (Å²) in [5.74, 6) is -0.600. The van der Waals surface area contributed by atoms with E-state index in [0.717, 1.165) is 16.7 Å². The van der Waals surface area contributed by atoms with Crippen molar-refractivity contribution in [2.45, 2.75) is 63.9 Å². The largest absolute Gasteiger partial charge is 0.374 e. The second-order valence-corrected chi connectivity index (χ2v) is 10.9. The van der Waals surface area contributed by atoms with Gasteiger partial charge < -0.3 is 28.5 Å². The number of ether oxygens (including phenoxy) is 5. The van der Waals surface area contributed by atoms with Crippen molar-refractivity contribution >= 4 is 18.2 Å². The van der Waals surface area contributed by atoms with Gasteiger partial charge >= 0.3 is 5.97 Å². The van der Waals surface area contributed by atoms with Gasteiger partial charge in [-0.05, 0) is 35.7 Å². The second-order valence-electron chi connectivity index (χ2n) is 10.5. The number of nitrogens with zero attached hydrogens (tertiary/aromatic N) is 1. The second kappa shape index (κ2) is 16.4. The van der Waals surface area contributed by atoms with E-state index in [1.165, 1.54) is 4.73 Å². The molecule has 2 heterocycles. The minimum absolute atomic E-state index is 0.234. The van der Waals surface area contributed by atoms with E-state index < -0.39 is 36.7 Å². The molecule has 0 bridgehead atoms. The monoisotopic (exact) mass is 615 g/mol. The quantitative estimate of drug-likeness (QED) is 0.158. The minimum atomic E-state index is -0.940. The fourth-order valence-electron chi connectivity index (χ4n) is 4.84. The summed E-state index contributed by atoms with van der Waals surface area (Å²) >= 11 is 5.24. The van der Waals surface area contributed by atoms with Crippen LogP contribution in [0.3, 0.4) is 0 Å². The number of carbonyl (C=O) groups is 1. The highest BCUT2D eigenvalue weighted by Gasteiger charge is 2.42. The Morgan fingerprint density at radius 3 is 2.00 bits per heavy atom. The summed E-state index contributed by atoms with van der Waals surface area (Å²) in [5, 5.41) is 0. The summed E-state index contributed by atoms with van der Waals surface area (Å²) in [4.78, 5) is 18.4. The van der Waals surface area contributed by atoms with E-state index in [0.29, 0.717) is 30.9 Å². The van der Waals surface area contributed by atoms with Crippen molar-refractivity contribution in [2.75, 3.05) is 6.61 Å². The van der Waals surface area contributed by atoms with Gasteiger partial charge in [0.15, 0.2) is 12.4 Å². The molecule has 4 aromatic rings. The molecule has 0 amide bonds. The lowest BCUT2D eigenvalue weighted by atomic mass is 10.0. The van der Waals surface area contributed by atoms with Crippen molar-refractivity contribution < 1.29 is 33.3 Å². The summed E-state index contributed by atoms with van der Waals surface area (Å²) in [7, 11) is 0. The first-order valence-electron chi connectivity index (χ1n) is 14.7. The van der Waals surface area contributed by atoms with Crippen LogP contribution in [-0.4, -0.2) is 48.0 Å². The molecule has 5 rings (SSSR count). The van der Waals surface area contributed by atoms with E-state index in [1.54, 1.807) is 31.3 Å². The van der Waals surface area contributed by atoms with E-state index in [4.69, 9.17) is 40.7 Å². The standard InChI is InChI=1S/C35H37NO7S/c1-26(35(37)43-36-20-12-11-19-32(36)44)41-33-21-30(39-23-28-15-7-3-8-16-28)34(40-24-29-17-9-4-10-18-29)31(42-33)25-38-22-27-13-5-2-6-14-27/h2-20,26,30-31,33-34H,21-25H2,1H3/t26-,30?,31?,33?,34?/m1/s1. The third-order valence-corrected chi connectivity index (χ3v) is 7.45. The number of carbonyl (C=O) groups excluding carboxylic acids is 1. The van der Waals surface area contributed by atoms with Crippen LogP contribution >= 0.6 is 12.2 Å². The molecule has 4 unspecified atom stereocenters. The van der Waals surface area contributed by atoms with Crippen molar-refractivity contribution in [3.8, 4) is 0 Å². The minimum Gasteiger partial charge on any atom is -0.374 e. The maximum absolute atomic E-state index is 12.9. The normalized spacial score (nSPS) is 20.6. The molecule has 1 saturated heterocycles. The van der Waals surface area contributed by atoms with Crippen LogP contribution in [0, 0.1) is 4.64 Å². The number of pyridine rings is 1. The number of hydrogen-bond donors (Lipinski definition) is 0. The van der Waals surface area contributed by atoms with Crippen molar-refractivity contribution in [1.29, 1.82) is 0 Å². The summed E-state index contributed by atoms with van der Waals surface area (Å²) in [5.41, 5.74) is 3.12. The van der Waals surface area contributed by atoms with Gasteiger partial charge in [0.1, 0.15) is 16.8 Å². The number of aromatic nitrogens is 1. The van der Waals surface area contributed by atoms with Gasteiger partial charge in [-0.1, -0.05) is 109 Å². The molecular weight excluding hydrogens is 578 g/mol. The van der Waals surface area contributed by atoms with E-state index >= 15 is 0 Å². The zero-order chi connectivity index (χ0) is 30.6. The molecule has 0 saturated carbocycles. The van der Waals surface area contributed by atoms with Gasteiger partial charge in [0, 0.05) is 12.6 Å². The van der Waals surface area contributed by atoms with Crippen molar-refractivity contribution in [2.24, 2.45) is 0 Å². The number of benzene rings is 3. The lowest BCUT2D eigenvalue weighted by Crippen LogP contribution is -2.54. The number of hydrogen-bond acceptors (Lipinski definition) is 8. The molecule has 3 aromatic carbocycles. The van der Waals surface area contributed by atoms with Crippen molar-refractivity contribution in [1.82, 2.24) is 4.73 Å². The zero-order valence-electron chi connectivity index (χ0n) is 24.6. The average Bonchev–Trinajstić information content (AvgIpc) is 3.05. The van der Waals surface area contributed by atoms with Gasteiger partial charge in [-0.3, -0.25) is 0 Å². The molecule has 44 heavy (non-hydrogen) atoms. The van der Waals surface area contributed by atoms with Gasteiger partial charge in [-0.25, -0.2) is 4.79 Å². The van der Waals surface area contributed by atoms with Crippen molar-refractivity contribution in [3.05, 3.63) is 137 Å². The molecular formula is C35H37NO7S. The van der Waals surface area contributed by atoms with Crippen LogP contribution in [0.25, 0.3) is 0 Å². The fourth-order valence-corrected chi connectivity index (χ4v) is 5.02. The van der Waals surface area contributed by atoms with Crippen LogP contribution in [-0.2, 0) is 48.3 Å². The molecule has 9 heteroatoms. The summed E-state index contributed by atoms with van der Waals surface area (Å²) in [6, 6.07) is 35.0. The molecule has 1 fully saturated rings. The van der Waals surface area contributed by atoms with E-state index in [9.17, 15) is 4.79 Å². The molecule has 0 spiro atoms. The third-order valence-electron chi connectivity index (χ3n) is 7.13. The maximum Gasteiger partial charge on any atom is 0.361 e. The molecule has 5 atom stereocenters. The lowest BCUT2D eigenvalue weighted by molar-refractivity contribution is -0.286. The Balaban J connectivity index is 1.31. The van der Waals surface area contributed by atoms with Crippen molar-refractivity contribution in [3.63, 3.8) is 0 Å². The Hall–Kier alpha value is -3.70. The highest BCUT2D eigenvalue weighted by molar-refractivity contribution is 7.71. The summed E-state index contributed by atoms with van der Waals surface area (Å²) in [6.07, 6.45) is -1.20. The predicted molar refractivity (Wildman–Crippen MR) is 167 cm³/mol. The Morgan fingerprint density at radius 2 is 1.39 bits per heavy atom. The average molecular weight is 616 g/mol. The predicted octanol–water partition coefficient (Wildman–Crippen LogP) is 6.08. The molecule has 0 N–H and O–H groups in total. The SMILES string of the molecule is C[C@@H](OC1CC(OCc2ccccc2)C(OCc2ccccc2)C(COCc2ccccc2)O1)C(=O)On1ccccc1=S. The van der Waals surface area contributed by atoms with Gasteiger partial charge in [-0.15, -0.1) is 0 Å². The molecule has 1 aliphatic rings. The Kier molecular flexibility index (Phi) is 11.8. The maximum atomic E-state index is 12.9. The van der Waals surface area contributed by atoms with E-state index in [2.05, 4.69) is 0 Å². The van der Waals surface area contributed by atoms with Crippen LogP contribution in [0.4, 0.5) is 0 Å². The van der Waals surface area contributed by atoms with Crippen LogP contribution in [0.2, 0.25) is 0 Å². The van der Waals surface area contributed by atoms with E-state index in [-0.39, 0.29) is 6.61 Å². The van der Waals surface area contributed by atoms with Crippen LogP contribution in [0.15, 0.2) is 115 Å². The smallest absolute Gasteiger partial charge is 0.361 e. The van der Waals surface area contributed by atoms with Gasteiger partial charge in [0.2, 0.25) is 0 Å². The molecule has 8 nitrogen and oxygen atoms in total. The summed E-state index contributed by atoms with van der Waals surface area (Å²) < 4.78 is 33.2. The zero-order valence-corrected chi connectivity index (χ0v) is 25.4. The highest BCUT2D eigenvalue weighted by atomic mass is 32.1. The Bertz CT molecular complexity index is 1490. The molecule has 1 aliphatic heterocycles. The van der Waals surface area contributed by atoms with Crippen LogP contribution in [0.1, 0.15) is 30.0 Å². The fraction of sp³-hybridized carbons (Fsp3) is 0.314. The number of rotatable bonds is 14. The van der Waals surface area contributed by atoms with Crippen LogP contribution in [0.5, 0.6) is 0 Å². The molecule has 0 radical (unpaired) electrons. The highest BCUT2D eigenvalue weighted by Crippen LogP contribution is 2.29. The van der Waals surface area contributed by atoms with Gasteiger partial charge in [0.25, 0.3) is 0 Å². The topological polar surface area (TPSA) is 77.4 Å². The summed E-state index contributed by atoms with van der Waals surface area (Å²) in [6.45, 7) is 3.02. The van der Waals surface area contributed by atoms with Gasteiger partial charge in [-0.2, -0.15) is 4.73 Å². The lowest BCUT2D eigenvalue weighted by Gasteiger charge is -2.41. The van der Waals surface area contributed by atoms with Gasteiger partial charge in [0.05, 0.1) is 32.5 Å². The first kappa shape index (κ1) is 31.7.